The van der Waals surface area contributed by atoms with Crippen LogP contribution in [0, 0.1) is 19.8 Å². The normalized spacial score (nSPS) is 20.1. The second-order valence-electron chi connectivity index (χ2n) is 5.05. The Labute approximate surface area is 112 Å². The topological polar surface area (TPSA) is 95.0 Å². The van der Waals surface area contributed by atoms with E-state index in [-0.39, 0.29) is 18.4 Å². The van der Waals surface area contributed by atoms with Gasteiger partial charge in [0.1, 0.15) is 5.82 Å². The summed E-state index contributed by atoms with van der Waals surface area (Å²) in [5.74, 6) is 1.08. The number of hydrogen-bond donors (Lipinski definition) is 3. The molecule has 1 aromatic rings. The van der Waals surface area contributed by atoms with Gasteiger partial charge in [-0.1, -0.05) is 5.16 Å². The highest BCUT2D eigenvalue weighted by atomic mass is 16.4. The summed E-state index contributed by atoms with van der Waals surface area (Å²) in [6.45, 7) is 5.60. The maximum atomic E-state index is 9.23. The average molecular weight is 264 g/mol. The Morgan fingerprint density at radius 3 is 2.89 bits per heavy atom. The average Bonchev–Trinajstić information content (AvgIpc) is 2.85. The fraction of sp³-hybridized carbons (Fsp3) is 0.538. The summed E-state index contributed by atoms with van der Waals surface area (Å²) in [6, 6.07) is 1.91. The quantitative estimate of drug-likeness (QED) is 0.322. The third-order valence-corrected chi connectivity index (χ3v) is 3.53. The molecule has 2 heterocycles. The molecular formula is C13H20N4O2. The predicted octanol–water partition coefficient (Wildman–Crippen LogP) is 0.612. The van der Waals surface area contributed by atoms with Gasteiger partial charge in [0.25, 0.3) is 0 Å². The van der Waals surface area contributed by atoms with Crippen LogP contribution in [0.4, 0.5) is 5.82 Å². The van der Waals surface area contributed by atoms with Gasteiger partial charge in [-0.05, 0) is 31.9 Å². The summed E-state index contributed by atoms with van der Waals surface area (Å²) in [6.07, 6.45) is 0.931. The fourth-order valence-corrected chi connectivity index (χ4v) is 2.59. The van der Waals surface area contributed by atoms with Crippen LogP contribution in [0.3, 0.4) is 0 Å². The summed E-state index contributed by atoms with van der Waals surface area (Å²) in [7, 11) is 0. The Hall–Kier alpha value is -1.82. The number of oxime groups is 1. The molecule has 0 amide bonds. The second kappa shape index (κ2) is 5.44. The third-order valence-electron chi connectivity index (χ3n) is 3.53. The van der Waals surface area contributed by atoms with E-state index < -0.39 is 0 Å². The first-order valence-corrected chi connectivity index (χ1v) is 6.38. The van der Waals surface area contributed by atoms with Crippen molar-refractivity contribution in [3.05, 3.63) is 22.9 Å². The monoisotopic (exact) mass is 264 g/mol. The van der Waals surface area contributed by atoms with E-state index in [0.717, 1.165) is 36.6 Å². The van der Waals surface area contributed by atoms with Gasteiger partial charge in [0.2, 0.25) is 0 Å². The number of anilines is 1. The zero-order chi connectivity index (χ0) is 14.0. The van der Waals surface area contributed by atoms with E-state index >= 15 is 0 Å². The maximum absolute atomic E-state index is 9.23. The molecule has 1 unspecified atom stereocenters. The number of aromatic nitrogens is 1. The standard InChI is InChI=1S/C13H20N4O2/c1-8-5-9(2)15-13(11(8)12(14)16-19)17-4-3-10(6-17)7-18/h5,10,18-19H,3-4,6-7H2,1-2H3,(H2,14,16). The Bertz CT molecular complexity index is 502. The molecule has 1 aliphatic rings. The van der Waals surface area contributed by atoms with E-state index in [4.69, 9.17) is 10.9 Å². The summed E-state index contributed by atoms with van der Waals surface area (Å²) in [5.41, 5.74) is 8.27. The molecule has 1 aromatic heterocycles. The van der Waals surface area contributed by atoms with E-state index in [1.54, 1.807) is 0 Å². The van der Waals surface area contributed by atoms with Crippen LogP contribution in [0.2, 0.25) is 0 Å². The number of pyridine rings is 1. The highest BCUT2D eigenvalue weighted by molar-refractivity contribution is 6.02. The predicted molar refractivity (Wildman–Crippen MR) is 73.6 cm³/mol. The van der Waals surface area contributed by atoms with Crippen LogP contribution in [0.5, 0.6) is 0 Å². The molecule has 4 N–H and O–H groups in total. The Morgan fingerprint density at radius 2 is 2.32 bits per heavy atom. The molecule has 1 atom stereocenters. The number of rotatable bonds is 3. The maximum Gasteiger partial charge on any atom is 0.174 e. The van der Waals surface area contributed by atoms with E-state index in [1.165, 1.54) is 0 Å². The molecule has 6 heteroatoms. The van der Waals surface area contributed by atoms with Crippen molar-refractivity contribution in [2.75, 3.05) is 24.6 Å². The molecule has 2 rings (SSSR count). The molecule has 0 aromatic carbocycles. The third kappa shape index (κ3) is 2.63. The summed E-state index contributed by atoms with van der Waals surface area (Å²) in [5, 5.41) is 21.3. The van der Waals surface area contributed by atoms with Gasteiger partial charge >= 0.3 is 0 Å². The van der Waals surface area contributed by atoms with Crippen LogP contribution >= 0.6 is 0 Å². The lowest BCUT2D eigenvalue weighted by molar-refractivity contribution is 0.238. The Balaban J connectivity index is 2.44. The van der Waals surface area contributed by atoms with E-state index in [0.29, 0.717) is 5.56 Å². The molecule has 104 valence electrons. The second-order valence-corrected chi connectivity index (χ2v) is 5.05. The number of nitrogens with zero attached hydrogens (tertiary/aromatic N) is 3. The number of aryl methyl sites for hydroxylation is 2. The zero-order valence-electron chi connectivity index (χ0n) is 11.3. The molecule has 0 bridgehead atoms. The van der Waals surface area contributed by atoms with Crippen molar-refractivity contribution in [1.82, 2.24) is 4.98 Å². The highest BCUT2D eigenvalue weighted by Gasteiger charge is 2.26. The van der Waals surface area contributed by atoms with Gasteiger partial charge in [-0.25, -0.2) is 4.98 Å². The number of hydrogen-bond acceptors (Lipinski definition) is 5. The molecular weight excluding hydrogens is 244 g/mol. The van der Waals surface area contributed by atoms with Crippen molar-refractivity contribution in [2.45, 2.75) is 20.3 Å². The fourth-order valence-electron chi connectivity index (χ4n) is 2.59. The number of aliphatic hydroxyl groups is 1. The molecule has 6 nitrogen and oxygen atoms in total. The smallest absolute Gasteiger partial charge is 0.174 e. The first-order chi connectivity index (χ1) is 9.06. The van der Waals surface area contributed by atoms with Gasteiger partial charge in [-0.15, -0.1) is 0 Å². The minimum atomic E-state index is 0.0763. The van der Waals surface area contributed by atoms with Crippen LogP contribution in [-0.2, 0) is 0 Å². The molecule has 0 spiro atoms. The van der Waals surface area contributed by atoms with Gasteiger partial charge < -0.3 is 20.9 Å². The van der Waals surface area contributed by atoms with Crippen molar-refractivity contribution in [3.63, 3.8) is 0 Å². The number of nitrogens with two attached hydrogens (primary N) is 1. The van der Waals surface area contributed by atoms with Crippen LogP contribution in [0.15, 0.2) is 11.2 Å². The lowest BCUT2D eigenvalue weighted by Crippen LogP contribution is -2.27. The van der Waals surface area contributed by atoms with Crippen LogP contribution < -0.4 is 10.6 Å². The van der Waals surface area contributed by atoms with Crippen molar-refractivity contribution in [1.29, 1.82) is 0 Å². The van der Waals surface area contributed by atoms with E-state index in [9.17, 15) is 5.11 Å². The molecule has 1 saturated heterocycles. The summed E-state index contributed by atoms with van der Waals surface area (Å²) >= 11 is 0. The molecule has 0 saturated carbocycles. The van der Waals surface area contributed by atoms with Crippen molar-refractivity contribution in [2.24, 2.45) is 16.8 Å². The Morgan fingerprint density at radius 1 is 1.58 bits per heavy atom. The summed E-state index contributed by atoms with van der Waals surface area (Å²) in [4.78, 5) is 6.62. The van der Waals surface area contributed by atoms with Crippen molar-refractivity contribution < 1.29 is 10.3 Å². The SMILES string of the molecule is Cc1cc(C)c(/C(N)=N/O)c(N2CCC(CO)C2)n1. The van der Waals surface area contributed by atoms with E-state index in [1.807, 2.05) is 19.9 Å². The van der Waals surface area contributed by atoms with Gasteiger partial charge in [0.05, 0.1) is 5.56 Å². The minimum Gasteiger partial charge on any atom is -0.409 e. The van der Waals surface area contributed by atoms with Crippen molar-refractivity contribution >= 4 is 11.7 Å². The highest BCUT2D eigenvalue weighted by Crippen LogP contribution is 2.27. The lowest BCUT2D eigenvalue weighted by Gasteiger charge is -2.22. The van der Waals surface area contributed by atoms with Gasteiger partial charge in [-0.3, -0.25) is 0 Å². The van der Waals surface area contributed by atoms with Gasteiger partial charge in [-0.2, -0.15) is 0 Å². The molecule has 0 radical (unpaired) electrons. The first-order valence-electron chi connectivity index (χ1n) is 6.38. The first kappa shape index (κ1) is 13.6. The number of amidine groups is 1. The molecule has 1 aliphatic heterocycles. The minimum absolute atomic E-state index is 0.0763. The van der Waals surface area contributed by atoms with Gasteiger partial charge in [0.15, 0.2) is 5.84 Å². The van der Waals surface area contributed by atoms with Crippen molar-refractivity contribution in [3.8, 4) is 0 Å². The van der Waals surface area contributed by atoms with Crippen LogP contribution in [-0.4, -0.2) is 40.8 Å². The van der Waals surface area contributed by atoms with Gasteiger partial charge in [0, 0.05) is 31.3 Å². The zero-order valence-corrected chi connectivity index (χ0v) is 11.3. The molecule has 19 heavy (non-hydrogen) atoms. The lowest BCUT2D eigenvalue weighted by atomic mass is 10.1. The molecule has 0 aliphatic carbocycles. The van der Waals surface area contributed by atoms with E-state index in [2.05, 4.69) is 15.0 Å². The summed E-state index contributed by atoms with van der Waals surface area (Å²) < 4.78 is 0. The Kier molecular flexibility index (Phi) is 3.90. The van der Waals surface area contributed by atoms with Crippen LogP contribution in [0.25, 0.3) is 0 Å². The molecule has 1 fully saturated rings. The largest absolute Gasteiger partial charge is 0.409 e. The van der Waals surface area contributed by atoms with Crippen LogP contribution in [0.1, 0.15) is 23.2 Å². The number of aliphatic hydroxyl groups excluding tert-OH is 1.